The number of hydrogen-bond donors (Lipinski definition) is 0. The third-order valence-electron chi connectivity index (χ3n) is 1.88. The molecule has 112 valence electrons. The second-order valence-corrected chi connectivity index (χ2v) is 3.26. The number of esters is 1. The molecular formula is C9H8F8O2. The first-order valence-electron chi connectivity index (χ1n) is 4.61. The van der Waals surface area contributed by atoms with Gasteiger partial charge in [0.2, 0.25) is 6.17 Å². The van der Waals surface area contributed by atoms with Gasteiger partial charge >= 0.3 is 18.2 Å². The zero-order valence-electron chi connectivity index (χ0n) is 9.01. The normalized spacial score (nSPS) is 18.6. The summed E-state index contributed by atoms with van der Waals surface area (Å²) >= 11 is 0. The fraction of sp³-hybridized carbons (Fsp3) is 0.667. The lowest BCUT2D eigenvalue weighted by Gasteiger charge is -2.26. The summed E-state index contributed by atoms with van der Waals surface area (Å²) in [6.07, 6.45) is -19.9. The monoisotopic (exact) mass is 300 g/mol. The predicted octanol–water partition coefficient (Wildman–Crippen LogP) is 2.93. The molecule has 19 heavy (non-hydrogen) atoms. The van der Waals surface area contributed by atoms with Crippen LogP contribution in [-0.2, 0) is 9.53 Å². The molecule has 4 atom stereocenters. The van der Waals surface area contributed by atoms with Crippen LogP contribution in [0.25, 0.3) is 0 Å². The topological polar surface area (TPSA) is 26.3 Å². The summed E-state index contributed by atoms with van der Waals surface area (Å²) in [5.41, 5.74) is 0. The average Bonchev–Trinajstić information content (AvgIpc) is 2.35. The van der Waals surface area contributed by atoms with Crippen molar-refractivity contribution in [2.75, 3.05) is 0 Å². The van der Waals surface area contributed by atoms with Gasteiger partial charge in [-0.3, -0.25) is 0 Å². The number of ether oxygens (including phenoxy) is 1. The van der Waals surface area contributed by atoms with Crippen LogP contribution in [-0.4, -0.2) is 43.2 Å². The smallest absolute Gasteiger partial charge is 0.346 e. The van der Waals surface area contributed by atoms with Gasteiger partial charge in [-0.25, -0.2) is 26.7 Å². The molecule has 0 radical (unpaired) electrons. The average molecular weight is 300 g/mol. The van der Waals surface area contributed by atoms with E-state index in [1.54, 1.807) is 0 Å². The molecule has 0 aliphatic heterocycles. The number of halogens is 8. The molecular weight excluding hydrogens is 292 g/mol. The molecule has 0 bridgehead atoms. The Morgan fingerprint density at radius 1 is 1.05 bits per heavy atom. The van der Waals surface area contributed by atoms with E-state index < -0.39 is 43.2 Å². The standard InChI is InChI=1S/C9H8F8O2/c1-2-3(18)19-8(15)9(16,17)6(12)4(10)5(11)7(13)14/h2,4-8H,1H2. The molecule has 4 unspecified atom stereocenters. The Kier molecular flexibility index (Phi) is 6.23. The molecule has 0 saturated heterocycles. The van der Waals surface area contributed by atoms with Crippen molar-refractivity contribution in [1.29, 1.82) is 0 Å². The van der Waals surface area contributed by atoms with Gasteiger partial charge in [0.05, 0.1) is 0 Å². The highest BCUT2D eigenvalue weighted by atomic mass is 19.3. The molecule has 0 amide bonds. The third-order valence-corrected chi connectivity index (χ3v) is 1.88. The van der Waals surface area contributed by atoms with Gasteiger partial charge in [0.15, 0.2) is 12.3 Å². The maximum Gasteiger partial charge on any atom is 0.346 e. The van der Waals surface area contributed by atoms with E-state index >= 15 is 0 Å². The molecule has 0 aromatic heterocycles. The minimum absolute atomic E-state index is 0.250. The molecule has 0 fully saturated rings. The summed E-state index contributed by atoms with van der Waals surface area (Å²) in [6.45, 7) is 2.71. The number of alkyl halides is 8. The summed E-state index contributed by atoms with van der Waals surface area (Å²) in [5, 5.41) is 0. The Hall–Kier alpha value is -1.35. The Bertz CT molecular complexity index is 321. The SMILES string of the molecule is C=CC(=O)OC(F)C(F)(F)C(F)C(F)C(F)C(F)F. The first-order chi connectivity index (χ1) is 8.55. The van der Waals surface area contributed by atoms with Crippen LogP contribution in [0.1, 0.15) is 0 Å². The fourth-order valence-electron chi connectivity index (χ4n) is 0.867. The Morgan fingerprint density at radius 2 is 1.53 bits per heavy atom. The molecule has 0 aromatic carbocycles. The van der Waals surface area contributed by atoms with E-state index in [4.69, 9.17) is 0 Å². The molecule has 0 saturated carbocycles. The molecule has 2 nitrogen and oxygen atoms in total. The van der Waals surface area contributed by atoms with Gasteiger partial charge in [0, 0.05) is 6.08 Å². The molecule has 0 aliphatic carbocycles. The van der Waals surface area contributed by atoms with Crippen LogP contribution in [0.4, 0.5) is 35.1 Å². The minimum atomic E-state index is -5.34. The third kappa shape index (κ3) is 4.35. The largest absolute Gasteiger partial charge is 0.421 e. The summed E-state index contributed by atoms with van der Waals surface area (Å²) in [4.78, 5) is 10.4. The van der Waals surface area contributed by atoms with E-state index in [0.717, 1.165) is 0 Å². The van der Waals surface area contributed by atoms with Crippen LogP contribution >= 0.6 is 0 Å². The van der Waals surface area contributed by atoms with Crippen LogP contribution in [0, 0.1) is 0 Å². The van der Waals surface area contributed by atoms with E-state index in [2.05, 4.69) is 11.3 Å². The van der Waals surface area contributed by atoms with Gasteiger partial charge in [-0.1, -0.05) is 6.58 Å². The zero-order chi connectivity index (χ0) is 15.4. The predicted molar refractivity (Wildman–Crippen MR) is 46.8 cm³/mol. The highest BCUT2D eigenvalue weighted by molar-refractivity contribution is 5.81. The van der Waals surface area contributed by atoms with Crippen LogP contribution in [0.2, 0.25) is 0 Å². The molecule has 0 spiro atoms. The van der Waals surface area contributed by atoms with Crippen LogP contribution in [0.5, 0.6) is 0 Å². The molecule has 0 aromatic rings. The number of carbonyl (C=O) groups excluding carboxylic acids is 1. The number of rotatable bonds is 7. The van der Waals surface area contributed by atoms with Crippen molar-refractivity contribution in [2.45, 2.75) is 37.2 Å². The van der Waals surface area contributed by atoms with Gasteiger partial charge < -0.3 is 4.74 Å². The Balaban J connectivity index is 4.87. The van der Waals surface area contributed by atoms with Crippen molar-refractivity contribution in [2.24, 2.45) is 0 Å². The van der Waals surface area contributed by atoms with Crippen LogP contribution in [0.15, 0.2) is 12.7 Å². The lowest BCUT2D eigenvalue weighted by molar-refractivity contribution is -0.233. The first-order valence-corrected chi connectivity index (χ1v) is 4.61. The van der Waals surface area contributed by atoms with Crippen molar-refractivity contribution < 1.29 is 44.7 Å². The first kappa shape index (κ1) is 17.6. The van der Waals surface area contributed by atoms with Crippen LogP contribution < -0.4 is 0 Å². The summed E-state index contributed by atoms with van der Waals surface area (Å²) < 4.78 is 103. The molecule has 10 heteroatoms. The fourth-order valence-corrected chi connectivity index (χ4v) is 0.867. The second-order valence-electron chi connectivity index (χ2n) is 3.26. The lowest BCUT2D eigenvalue weighted by atomic mass is 10.1. The van der Waals surface area contributed by atoms with Gasteiger partial charge in [-0.05, 0) is 0 Å². The minimum Gasteiger partial charge on any atom is -0.421 e. The van der Waals surface area contributed by atoms with E-state index in [0.29, 0.717) is 0 Å². The molecule has 0 N–H and O–H groups in total. The zero-order valence-corrected chi connectivity index (χ0v) is 9.01. The van der Waals surface area contributed by atoms with Crippen molar-refractivity contribution in [3.05, 3.63) is 12.7 Å². The number of carbonyl (C=O) groups is 1. The molecule has 0 heterocycles. The van der Waals surface area contributed by atoms with Crippen molar-refractivity contribution >= 4 is 5.97 Å². The Labute approximate surface area is 102 Å². The van der Waals surface area contributed by atoms with E-state index in [9.17, 15) is 39.9 Å². The van der Waals surface area contributed by atoms with Gasteiger partial charge in [-0.2, -0.15) is 13.2 Å². The highest BCUT2D eigenvalue weighted by Gasteiger charge is 2.57. The summed E-state index contributed by atoms with van der Waals surface area (Å²) in [5.74, 6) is -7.06. The maximum atomic E-state index is 12.9. The second kappa shape index (κ2) is 6.71. The Morgan fingerprint density at radius 3 is 1.89 bits per heavy atom. The summed E-state index contributed by atoms with van der Waals surface area (Å²) in [6, 6.07) is 0. The maximum absolute atomic E-state index is 12.9. The van der Waals surface area contributed by atoms with Crippen molar-refractivity contribution in [3.8, 4) is 0 Å². The van der Waals surface area contributed by atoms with E-state index in [1.165, 1.54) is 0 Å². The number of hydrogen-bond acceptors (Lipinski definition) is 2. The van der Waals surface area contributed by atoms with Crippen molar-refractivity contribution in [1.82, 2.24) is 0 Å². The lowest BCUT2D eigenvalue weighted by Crippen LogP contribution is -2.50. The van der Waals surface area contributed by atoms with E-state index in [1.807, 2.05) is 0 Å². The molecule has 0 rings (SSSR count). The van der Waals surface area contributed by atoms with E-state index in [-0.39, 0.29) is 6.08 Å². The van der Waals surface area contributed by atoms with Crippen molar-refractivity contribution in [3.63, 3.8) is 0 Å². The van der Waals surface area contributed by atoms with Gasteiger partial charge in [-0.15, -0.1) is 0 Å². The quantitative estimate of drug-likeness (QED) is 0.410. The molecule has 0 aliphatic rings. The highest BCUT2D eigenvalue weighted by Crippen LogP contribution is 2.34. The van der Waals surface area contributed by atoms with Gasteiger partial charge in [0.25, 0.3) is 6.43 Å². The van der Waals surface area contributed by atoms with Gasteiger partial charge in [0.1, 0.15) is 0 Å². The summed E-state index contributed by atoms with van der Waals surface area (Å²) in [7, 11) is 0. The van der Waals surface area contributed by atoms with Crippen LogP contribution in [0.3, 0.4) is 0 Å².